The molecule has 1 aromatic heterocycles. The van der Waals surface area contributed by atoms with Crippen molar-refractivity contribution in [1.29, 1.82) is 0 Å². The number of halogens is 1. The highest BCUT2D eigenvalue weighted by Crippen LogP contribution is 2.33. The maximum absolute atomic E-state index is 14.2. The number of carboxylic acid groups (broad SMARTS) is 1. The number of primary amides is 1. The van der Waals surface area contributed by atoms with Crippen LogP contribution in [0.3, 0.4) is 0 Å². The number of nitrogens with two attached hydrogens (primary N) is 1. The highest BCUT2D eigenvalue weighted by atomic mass is 19.1. The van der Waals surface area contributed by atoms with E-state index in [1.807, 2.05) is 6.07 Å². The first-order valence-corrected chi connectivity index (χ1v) is 9.89. The number of aryl methyl sites for hydroxylation is 1. The molecule has 2 heterocycles. The molecule has 1 saturated heterocycles. The van der Waals surface area contributed by atoms with E-state index in [1.54, 1.807) is 31.2 Å². The zero-order valence-corrected chi connectivity index (χ0v) is 16.9. The van der Waals surface area contributed by atoms with E-state index >= 15 is 0 Å². The highest BCUT2D eigenvalue weighted by Gasteiger charge is 2.33. The van der Waals surface area contributed by atoms with E-state index in [-0.39, 0.29) is 29.9 Å². The van der Waals surface area contributed by atoms with Gasteiger partial charge in [0.25, 0.3) is 5.91 Å². The first kappa shape index (κ1) is 20.5. The van der Waals surface area contributed by atoms with Gasteiger partial charge >= 0.3 is 6.09 Å². The Morgan fingerprint density at radius 2 is 2.06 bits per heavy atom. The molecule has 160 valence electrons. The number of likely N-dealkylation sites (tertiary alicyclic amines) is 1. The molecule has 9 heteroatoms. The van der Waals surface area contributed by atoms with Crippen molar-refractivity contribution in [3.05, 3.63) is 65.2 Å². The van der Waals surface area contributed by atoms with Crippen molar-refractivity contribution >= 4 is 28.7 Å². The fourth-order valence-corrected chi connectivity index (χ4v) is 4.09. The quantitative estimate of drug-likeness (QED) is 0.593. The maximum atomic E-state index is 14.2. The lowest BCUT2D eigenvalue weighted by Crippen LogP contribution is -2.48. The zero-order chi connectivity index (χ0) is 22.1. The molecule has 4 N–H and O–H groups in total. The van der Waals surface area contributed by atoms with E-state index in [0.717, 1.165) is 5.56 Å². The van der Waals surface area contributed by atoms with E-state index in [1.165, 1.54) is 17.3 Å². The number of piperidine rings is 1. The second-order valence-electron chi connectivity index (χ2n) is 7.67. The minimum absolute atomic E-state index is 0.130. The standard InChI is InChI=1S/C22H22FN5O3/c1-12-5-6-13(9-17(12)23)14-7-8-28(22(30)31)10-18(14)27-21-16-4-2-3-15(20(24)29)19(16)25-11-26-21/h2-6,9,11,14,18H,7-8,10H2,1H3,(H2,24,29)(H,30,31)(H,25,26,27). The van der Waals surface area contributed by atoms with Crippen molar-refractivity contribution in [3.63, 3.8) is 0 Å². The molecule has 0 spiro atoms. The van der Waals surface area contributed by atoms with Crippen LogP contribution >= 0.6 is 0 Å². The van der Waals surface area contributed by atoms with Crippen LogP contribution in [0.1, 0.15) is 33.8 Å². The maximum Gasteiger partial charge on any atom is 0.407 e. The summed E-state index contributed by atoms with van der Waals surface area (Å²) in [6.07, 6.45) is 0.848. The Labute approximate surface area is 177 Å². The predicted molar refractivity (Wildman–Crippen MR) is 114 cm³/mol. The molecule has 0 radical (unpaired) electrons. The summed E-state index contributed by atoms with van der Waals surface area (Å²) in [5.41, 5.74) is 7.50. The Bertz CT molecular complexity index is 1170. The smallest absolute Gasteiger partial charge is 0.407 e. The van der Waals surface area contributed by atoms with E-state index in [9.17, 15) is 19.1 Å². The molecule has 1 aliphatic rings. The number of rotatable bonds is 4. The van der Waals surface area contributed by atoms with E-state index in [4.69, 9.17) is 5.73 Å². The summed E-state index contributed by atoms with van der Waals surface area (Å²) in [5.74, 6) is -0.563. The number of hydrogen-bond donors (Lipinski definition) is 3. The van der Waals surface area contributed by atoms with Crippen LogP contribution in [0.25, 0.3) is 10.9 Å². The molecule has 1 aliphatic heterocycles. The van der Waals surface area contributed by atoms with Crippen LogP contribution in [0.15, 0.2) is 42.7 Å². The number of carbonyl (C=O) groups is 2. The monoisotopic (exact) mass is 423 g/mol. The number of anilines is 1. The van der Waals surface area contributed by atoms with Gasteiger partial charge in [0.15, 0.2) is 0 Å². The average molecular weight is 423 g/mol. The Kier molecular flexibility index (Phi) is 5.41. The second kappa shape index (κ2) is 8.17. The van der Waals surface area contributed by atoms with Crippen molar-refractivity contribution in [2.45, 2.75) is 25.3 Å². The number of hydrogen-bond acceptors (Lipinski definition) is 5. The molecule has 4 rings (SSSR count). The molecule has 0 bridgehead atoms. The predicted octanol–water partition coefficient (Wildman–Crippen LogP) is 3.12. The largest absolute Gasteiger partial charge is 0.465 e. The molecule has 1 fully saturated rings. The van der Waals surface area contributed by atoms with Crippen molar-refractivity contribution in [1.82, 2.24) is 14.9 Å². The second-order valence-corrected chi connectivity index (χ2v) is 7.67. The van der Waals surface area contributed by atoms with Crippen molar-refractivity contribution in [2.75, 3.05) is 18.4 Å². The van der Waals surface area contributed by atoms with Gasteiger partial charge in [0.1, 0.15) is 18.0 Å². The van der Waals surface area contributed by atoms with Crippen LogP contribution in [-0.4, -0.2) is 51.1 Å². The summed E-state index contributed by atoms with van der Waals surface area (Å²) in [4.78, 5) is 33.2. The minimum Gasteiger partial charge on any atom is -0.465 e. The van der Waals surface area contributed by atoms with Crippen LogP contribution in [0.4, 0.5) is 15.0 Å². The van der Waals surface area contributed by atoms with Gasteiger partial charge in [-0.1, -0.05) is 18.2 Å². The summed E-state index contributed by atoms with van der Waals surface area (Å²) >= 11 is 0. The first-order chi connectivity index (χ1) is 14.8. The molecule has 3 aromatic rings. The first-order valence-electron chi connectivity index (χ1n) is 9.89. The molecule has 2 aromatic carbocycles. The molecule has 0 saturated carbocycles. The fourth-order valence-electron chi connectivity index (χ4n) is 4.09. The number of benzene rings is 2. The average Bonchev–Trinajstić information content (AvgIpc) is 2.75. The molecular weight excluding hydrogens is 401 g/mol. The van der Waals surface area contributed by atoms with Gasteiger partial charge in [-0.25, -0.2) is 19.2 Å². The molecule has 2 amide bonds. The molecular formula is C22H22FN5O3. The van der Waals surface area contributed by atoms with Crippen LogP contribution in [0.5, 0.6) is 0 Å². The fraction of sp³-hybridized carbons (Fsp3) is 0.273. The van der Waals surface area contributed by atoms with Gasteiger partial charge in [-0.05, 0) is 42.7 Å². The molecule has 2 atom stereocenters. The third kappa shape index (κ3) is 3.98. The van der Waals surface area contributed by atoms with Crippen LogP contribution in [-0.2, 0) is 0 Å². The summed E-state index contributed by atoms with van der Waals surface area (Å²) in [6, 6.07) is 9.79. The van der Waals surface area contributed by atoms with Gasteiger partial charge in [0, 0.05) is 24.4 Å². The number of nitrogens with one attached hydrogen (secondary N) is 1. The SMILES string of the molecule is Cc1ccc(C2CCN(C(=O)O)CC2Nc2ncnc3c(C(N)=O)cccc23)cc1F. The minimum atomic E-state index is -1.01. The third-order valence-corrected chi connectivity index (χ3v) is 5.76. The lowest BCUT2D eigenvalue weighted by Gasteiger charge is -2.38. The number of para-hydroxylation sites is 1. The van der Waals surface area contributed by atoms with Gasteiger partial charge < -0.3 is 21.1 Å². The Hall–Kier alpha value is -3.75. The van der Waals surface area contributed by atoms with Gasteiger partial charge in [0.05, 0.1) is 17.1 Å². The normalized spacial score (nSPS) is 18.7. The Morgan fingerprint density at radius 3 is 2.77 bits per heavy atom. The van der Waals surface area contributed by atoms with Crippen molar-refractivity contribution < 1.29 is 19.1 Å². The number of aromatic nitrogens is 2. The van der Waals surface area contributed by atoms with Crippen LogP contribution < -0.4 is 11.1 Å². The Morgan fingerprint density at radius 1 is 1.26 bits per heavy atom. The van der Waals surface area contributed by atoms with Crippen molar-refractivity contribution in [2.24, 2.45) is 5.73 Å². The summed E-state index contributed by atoms with van der Waals surface area (Å²) < 4.78 is 14.2. The topological polar surface area (TPSA) is 121 Å². The number of carbonyl (C=O) groups excluding carboxylic acids is 1. The highest BCUT2D eigenvalue weighted by molar-refractivity contribution is 6.06. The van der Waals surface area contributed by atoms with Gasteiger partial charge in [-0.15, -0.1) is 0 Å². The van der Waals surface area contributed by atoms with Crippen LogP contribution in [0, 0.1) is 12.7 Å². The van der Waals surface area contributed by atoms with Crippen LogP contribution in [0.2, 0.25) is 0 Å². The number of nitrogens with zero attached hydrogens (tertiary/aromatic N) is 3. The van der Waals surface area contributed by atoms with Gasteiger partial charge in [-0.3, -0.25) is 4.79 Å². The Balaban J connectivity index is 1.73. The summed E-state index contributed by atoms with van der Waals surface area (Å²) in [5, 5.41) is 13.4. The van der Waals surface area contributed by atoms with Gasteiger partial charge in [0.2, 0.25) is 0 Å². The third-order valence-electron chi connectivity index (χ3n) is 5.76. The van der Waals surface area contributed by atoms with E-state index in [0.29, 0.717) is 35.2 Å². The molecule has 8 nitrogen and oxygen atoms in total. The van der Waals surface area contributed by atoms with E-state index < -0.39 is 12.0 Å². The number of fused-ring (bicyclic) bond motifs is 1. The van der Waals surface area contributed by atoms with E-state index in [2.05, 4.69) is 15.3 Å². The zero-order valence-electron chi connectivity index (χ0n) is 16.9. The lowest BCUT2D eigenvalue weighted by atomic mass is 9.84. The van der Waals surface area contributed by atoms with Gasteiger partial charge in [-0.2, -0.15) is 0 Å². The molecule has 0 aliphatic carbocycles. The summed E-state index contributed by atoms with van der Waals surface area (Å²) in [6.45, 7) is 2.26. The summed E-state index contributed by atoms with van der Waals surface area (Å²) in [7, 11) is 0. The molecule has 31 heavy (non-hydrogen) atoms. The lowest BCUT2D eigenvalue weighted by molar-refractivity contribution is 0.100. The van der Waals surface area contributed by atoms with Crippen molar-refractivity contribution in [3.8, 4) is 0 Å². The molecule has 2 unspecified atom stereocenters. The number of amides is 2.